The highest BCUT2D eigenvalue weighted by molar-refractivity contribution is 7.16. The minimum atomic E-state index is -0.581. The molecule has 0 aliphatic carbocycles. The highest BCUT2D eigenvalue weighted by Gasteiger charge is 2.18. The van der Waals surface area contributed by atoms with Gasteiger partial charge in [0, 0.05) is 22.6 Å². The molecule has 1 heterocycles. The lowest BCUT2D eigenvalue weighted by atomic mass is 10.1. The summed E-state index contributed by atoms with van der Waals surface area (Å²) in [5.41, 5.74) is 1.44. The Morgan fingerprint density at radius 1 is 1.26 bits per heavy atom. The summed E-state index contributed by atoms with van der Waals surface area (Å²) in [6.45, 7) is 1.90. The maximum absolute atomic E-state index is 12.5. The van der Waals surface area contributed by atoms with Gasteiger partial charge >= 0.3 is 0 Å². The number of ether oxygens (including phenoxy) is 1. The van der Waals surface area contributed by atoms with Gasteiger partial charge in [-0.15, -0.1) is 11.3 Å². The lowest BCUT2D eigenvalue weighted by Gasteiger charge is -2.04. The topological polar surface area (TPSA) is 94.4 Å². The Kier molecular flexibility index (Phi) is 5.38. The molecule has 0 radical (unpaired) electrons. The van der Waals surface area contributed by atoms with E-state index in [-0.39, 0.29) is 16.3 Å². The van der Waals surface area contributed by atoms with Gasteiger partial charge in [-0.05, 0) is 37.3 Å². The molecule has 1 N–H and O–H groups in total. The zero-order valence-corrected chi connectivity index (χ0v) is 15.9. The normalized spacial score (nSPS) is 10.5. The Labute approximate surface area is 163 Å². The first kappa shape index (κ1) is 18.8. The average molecular weight is 404 g/mol. The van der Waals surface area contributed by atoms with Crippen molar-refractivity contribution in [3.05, 3.63) is 68.0 Å². The molecule has 0 fully saturated rings. The summed E-state index contributed by atoms with van der Waals surface area (Å²) >= 11 is 7.32. The van der Waals surface area contributed by atoms with Gasteiger partial charge in [-0.3, -0.25) is 20.2 Å². The number of benzene rings is 2. The maximum Gasteiger partial charge on any atom is 0.270 e. The van der Waals surface area contributed by atoms with Gasteiger partial charge in [0.25, 0.3) is 11.6 Å². The van der Waals surface area contributed by atoms with Gasteiger partial charge in [0.2, 0.25) is 0 Å². The highest BCUT2D eigenvalue weighted by Crippen LogP contribution is 2.32. The molecule has 0 aliphatic rings. The summed E-state index contributed by atoms with van der Waals surface area (Å²) in [5, 5.41) is 14.1. The lowest BCUT2D eigenvalue weighted by molar-refractivity contribution is -0.384. The number of nitrogens with one attached hydrogen (secondary N) is 1. The largest absolute Gasteiger partial charge is 0.497 e. The van der Waals surface area contributed by atoms with Crippen LogP contribution in [0.1, 0.15) is 15.2 Å². The van der Waals surface area contributed by atoms with Crippen LogP contribution in [0.2, 0.25) is 5.02 Å². The highest BCUT2D eigenvalue weighted by atomic mass is 35.5. The Morgan fingerprint density at radius 3 is 2.59 bits per heavy atom. The molecule has 1 aromatic heterocycles. The molecule has 3 rings (SSSR count). The monoisotopic (exact) mass is 403 g/mol. The molecule has 9 heteroatoms. The Hall–Kier alpha value is -2.97. The van der Waals surface area contributed by atoms with Crippen molar-refractivity contribution in [3.8, 4) is 17.0 Å². The molecule has 0 spiro atoms. The number of thiazole rings is 1. The third-order valence-electron chi connectivity index (χ3n) is 3.79. The van der Waals surface area contributed by atoms with Gasteiger partial charge in [0.1, 0.15) is 5.75 Å². The number of nitrogens with zero attached hydrogens (tertiary/aromatic N) is 2. The molecule has 0 atom stereocenters. The molecule has 1 amide bonds. The van der Waals surface area contributed by atoms with Crippen molar-refractivity contribution in [1.82, 2.24) is 4.98 Å². The third kappa shape index (κ3) is 4.07. The van der Waals surface area contributed by atoms with E-state index in [9.17, 15) is 14.9 Å². The SMILES string of the molecule is COc1ccc(-c2nc(NC(=O)c3cc([N+](=O)[O-])ccc3Cl)sc2C)cc1. The van der Waals surface area contributed by atoms with Gasteiger partial charge in [0.05, 0.1) is 28.3 Å². The van der Waals surface area contributed by atoms with Crippen molar-refractivity contribution in [2.45, 2.75) is 6.92 Å². The number of carbonyl (C=O) groups is 1. The number of rotatable bonds is 5. The predicted octanol–water partition coefficient (Wildman–Crippen LogP) is 4.94. The minimum absolute atomic E-state index is 0.0183. The maximum atomic E-state index is 12.5. The van der Waals surface area contributed by atoms with Crippen LogP contribution in [-0.2, 0) is 0 Å². The number of carbonyl (C=O) groups excluding carboxylic acids is 1. The molecule has 0 aliphatic heterocycles. The predicted molar refractivity (Wildman–Crippen MR) is 105 cm³/mol. The molecule has 7 nitrogen and oxygen atoms in total. The van der Waals surface area contributed by atoms with Crippen LogP contribution in [0.5, 0.6) is 5.75 Å². The number of anilines is 1. The van der Waals surface area contributed by atoms with Gasteiger partial charge < -0.3 is 4.74 Å². The minimum Gasteiger partial charge on any atom is -0.497 e. The number of methoxy groups -OCH3 is 1. The Morgan fingerprint density at radius 2 is 1.96 bits per heavy atom. The lowest BCUT2D eigenvalue weighted by Crippen LogP contribution is -2.12. The molecular formula is C18H14ClN3O4S. The van der Waals surface area contributed by atoms with Crippen molar-refractivity contribution in [1.29, 1.82) is 0 Å². The third-order valence-corrected chi connectivity index (χ3v) is 5.00. The van der Waals surface area contributed by atoms with Crippen molar-refractivity contribution in [2.75, 3.05) is 12.4 Å². The molecule has 2 aromatic carbocycles. The van der Waals surface area contributed by atoms with Crippen molar-refractivity contribution >= 4 is 39.7 Å². The van der Waals surface area contributed by atoms with E-state index in [4.69, 9.17) is 16.3 Å². The molecule has 0 unspecified atom stereocenters. The number of amides is 1. The standard InChI is InChI=1S/C18H14ClN3O4S/c1-10-16(11-3-6-13(26-2)7-4-11)20-18(27-10)21-17(23)14-9-12(22(24)25)5-8-15(14)19/h3-9H,1-2H3,(H,20,21,23). The van der Waals surface area contributed by atoms with Crippen molar-refractivity contribution in [2.24, 2.45) is 0 Å². The van der Waals surface area contributed by atoms with Crippen LogP contribution >= 0.6 is 22.9 Å². The van der Waals surface area contributed by atoms with E-state index in [1.165, 1.54) is 23.5 Å². The summed E-state index contributed by atoms with van der Waals surface area (Å²) in [6, 6.07) is 11.1. The smallest absolute Gasteiger partial charge is 0.270 e. The number of halogens is 1. The van der Waals surface area contributed by atoms with E-state index in [1.54, 1.807) is 7.11 Å². The fourth-order valence-electron chi connectivity index (χ4n) is 2.43. The molecular weight excluding hydrogens is 390 g/mol. The number of hydrogen-bond donors (Lipinski definition) is 1. The van der Waals surface area contributed by atoms with Crippen molar-refractivity contribution in [3.63, 3.8) is 0 Å². The molecule has 0 saturated carbocycles. The fourth-order valence-corrected chi connectivity index (χ4v) is 3.47. The summed E-state index contributed by atoms with van der Waals surface area (Å²) < 4.78 is 5.14. The summed E-state index contributed by atoms with van der Waals surface area (Å²) in [7, 11) is 1.59. The first-order valence-corrected chi connectivity index (χ1v) is 8.95. The van der Waals surface area contributed by atoms with Gasteiger partial charge in [-0.2, -0.15) is 0 Å². The molecule has 0 bridgehead atoms. The number of non-ortho nitro benzene ring substituents is 1. The second-order valence-electron chi connectivity index (χ2n) is 5.53. The number of aryl methyl sites for hydroxylation is 1. The zero-order valence-electron chi connectivity index (χ0n) is 14.4. The van der Waals surface area contributed by atoms with Crippen molar-refractivity contribution < 1.29 is 14.5 Å². The number of nitro groups is 1. The van der Waals surface area contributed by atoms with E-state index in [1.807, 2.05) is 31.2 Å². The molecule has 138 valence electrons. The first-order valence-electron chi connectivity index (χ1n) is 7.76. The number of hydrogen-bond acceptors (Lipinski definition) is 6. The van der Waals surface area contributed by atoms with E-state index < -0.39 is 10.8 Å². The number of aromatic nitrogens is 1. The van der Waals surface area contributed by atoms with E-state index in [2.05, 4.69) is 10.3 Å². The number of nitro benzene ring substituents is 1. The molecule has 0 saturated heterocycles. The molecule has 27 heavy (non-hydrogen) atoms. The van der Waals surface area contributed by atoms with Crippen LogP contribution in [0, 0.1) is 17.0 Å². The quantitative estimate of drug-likeness (QED) is 0.481. The first-order chi connectivity index (χ1) is 12.9. The Bertz CT molecular complexity index is 1020. The fraction of sp³-hybridized carbons (Fsp3) is 0.111. The summed E-state index contributed by atoms with van der Waals surface area (Å²) in [6.07, 6.45) is 0. The summed E-state index contributed by atoms with van der Waals surface area (Å²) in [4.78, 5) is 28.2. The second kappa shape index (κ2) is 7.73. The summed E-state index contributed by atoms with van der Waals surface area (Å²) in [5.74, 6) is 0.180. The van der Waals surface area contributed by atoms with E-state index in [0.717, 1.165) is 28.0 Å². The van der Waals surface area contributed by atoms with E-state index in [0.29, 0.717) is 5.13 Å². The van der Waals surface area contributed by atoms with Crippen LogP contribution in [0.15, 0.2) is 42.5 Å². The zero-order chi connectivity index (χ0) is 19.6. The average Bonchev–Trinajstić information content (AvgIpc) is 3.02. The van der Waals surface area contributed by atoms with Crippen LogP contribution in [0.3, 0.4) is 0 Å². The van der Waals surface area contributed by atoms with Gasteiger partial charge in [-0.25, -0.2) is 4.98 Å². The van der Waals surface area contributed by atoms with Crippen LogP contribution < -0.4 is 10.1 Å². The van der Waals surface area contributed by atoms with Crippen LogP contribution in [0.25, 0.3) is 11.3 Å². The van der Waals surface area contributed by atoms with Gasteiger partial charge in [0.15, 0.2) is 5.13 Å². The van der Waals surface area contributed by atoms with Crippen LogP contribution in [0.4, 0.5) is 10.8 Å². The molecule has 3 aromatic rings. The van der Waals surface area contributed by atoms with Crippen LogP contribution in [-0.4, -0.2) is 22.9 Å². The van der Waals surface area contributed by atoms with Gasteiger partial charge in [-0.1, -0.05) is 11.6 Å². The van der Waals surface area contributed by atoms with E-state index >= 15 is 0 Å². The Balaban J connectivity index is 1.85. The second-order valence-corrected chi connectivity index (χ2v) is 7.14.